The zero-order valence-electron chi connectivity index (χ0n) is 13.7. The molecule has 1 heterocycles. The van der Waals surface area contributed by atoms with Crippen LogP contribution in [0.1, 0.15) is 27.2 Å². The summed E-state index contributed by atoms with van der Waals surface area (Å²) in [5.74, 6) is -0.291. The molecule has 0 atom stereocenters. The minimum absolute atomic E-state index is 0.256. The number of rotatable bonds is 5. The third kappa shape index (κ3) is 3.78. The van der Waals surface area contributed by atoms with Crippen LogP contribution in [0.15, 0.2) is 48.5 Å². The molecule has 0 aliphatic heterocycles. The van der Waals surface area contributed by atoms with Gasteiger partial charge in [0.05, 0.1) is 12.2 Å². The molecule has 0 bridgehead atoms. The molecule has 0 aliphatic rings. The van der Waals surface area contributed by atoms with E-state index in [-0.39, 0.29) is 18.1 Å². The molecule has 3 rings (SSSR count). The summed E-state index contributed by atoms with van der Waals surface area (Å²) in [4.78, 5) is 11.7. The number of hydrogen-bond acceptors (Lipinski definition) is 3. The summed E-state index contributed by atoms with van der Waals surface area (Å²) in [6, 6.07) is 14.2. The molecule has 128 valence electrons. The number of nitrogens with zero attached hydrogens (tertiary/aromatic N) is 2. The highest BCUT2D eigenvalue weighted by atomic mass is 35.5. The van der Waals surface area contributed by atoms with E-state index in [4.69, 9.17) is 17.3 Å². The van der Waals surface area contributed by atoms with Gasteiger partial charge in [-0.25, -0.2) is 4.39 Å². The Bertz CT molecular complexity index is 919. The van der Waals surface area contributed by atoms with Crippen molar-refractivity contribution in [1.29, 1.82) is 0 Å². The van der Waals surface area contributed by atoms with Gasteiger partial charge in [-0.15, -0.1) is 0 Å². The second kappa shape index (κ2) is 7.17. The van der Waals surface area contributed by atoms with E-state index >= 15 is 0 Å². The number of carbonyl (C=O) groups excluding carboxylic acids is 1. The molecule has 25 heavy (non-hydrogen) atoms. The lowest BCUT2D eigenvalue weighted by atomic mass is 10.1. The molecule has 2 N–H and O–H groups in total. The lowest BCUT2D eigenvalue weighted by Crippen LogP contribution is -2.08. The number of benzene rings is 2. The average molecular weight is 358 g/mol. The Balaban J connectivity index is 1.96. The zero-order valence-corrected chi connectivity index (χ0v) is 14.4. The average Bonchev–Trinajstić information content (AvgIpc) is 3.02. The van der Waals surface area contributed by atoms with E-state index in [0.717, 1.165) is 11.1 Å². The molecule has 2 aromatic carbocycles. The Morgan fingerprint density at radius 1 is 1.16 bits per heavy atom. The molecular weight excluding hydrogens is 341 g/mol. The molecule has 0 radical (unpaired) electrons. The summed E-state index contributed by atoms with van der Waals surface area (Å²) >= 11 is 5.69. The van der Waals surface area contributed by atoms with Crippen molar-refractivity contribution in [2.75, 3.05) is 0 Å². The molecule has 0 spiro atoms. The fourth-order valence-electron chi connectivity index (χ4n) is 2.56. The minimum Gasteiger partial charge on any atom is -0.326 e. The first-order chi connectivity index (χ1) is 12.0. The standard InChI is InChI=1S/C19H17ClFN3O/c1-12-2-3-14(8-16(12)21)11-24-18(19(20)25)9-17(23-24)15-6-4-13(10-22)5-7-15/h2-9H,10-11,22H2,1H3. The van der Waals surface area contributed by atoms with Crippen molar-refractivity contribution >= 4 is 16.8 Å². The van der Waals surface area contributed by atoms with Crippen molar-refractivity contribution in [3.8, 4) is 11.3 Å². The van der Waals surface area contributed by atoms with E-state index in [1.165, 1.54) is 10.7 Å². The summed E-state index contributed by atoms with van der Waals surface area (Å²) in [5, 5.41) is 3.86. The van der Waals surface area contributed by atoms with Crippen LogP contribution in [0.4, 0.5) is 4.39 Å². The number of aromatic nitrogens is 2. The molecule has 0 aliphatic carbocycles. The van der Waals surface area contributed by atoms with Crippen LogP contribution in [0.5, 0.6) is 0 Å². The van der Waals surface area contributed by atoms with Crippen molar-refractivity contribution in [2.45, 2.75) is 20.0 Å². The quantitative estimate of drug-likeness (QED) is 0.705. The first-order valence-electron chi connectivity index (χ1n) is 7.80. The lowest BCUT2D eigenvalue weighted by Gasteiger charge is -2.06. The summed E-state index contributed by atoms with van der Waals surface area (Å²) in [7, 11) is 0. The normalized spacial score (nSPS) is 10.9. The van der Waals surface area contributed by atoms with Crippen LogP contribution < -0.4 is 5.73 Å². The summed E-state index contributed by atoms with van der Waals surface area (Å²) < 4.78 is 15.2. The Labute approximate surface area is 150 Å². The molecule has 0 amide bonds. The van der Waals surface area contributed by atoms with Gasteiger partial charge in [-0.2, -0.15) is 5.10 Å². The van der Waals surface area contributed by atoms with E-state index in [1.807, 2.05) is 24.3 Å². The fourth-order valence-corrected chi connectivity index (χ4v) is 2.71. The molecule has 0 unspecified atom stereocenters. The maximum Gasteiger partial charge on any atom is 0.270 e. The molecule has 3 aromatic rings. The van der Waals surface area contributed by atoms with Crippen molar-refractivity contribution < 1.29 is 9.18 Å². The minimum atomic E-state index is -0.607. The topological polar surface area (TPSA) is 60.9 Å². The van der Waals surface area contributed by atoms with E-state index in [0.29, 0.717) is 23.4 Å². The van der Waals surface area contributed by atoms with Gasteiger partial charge in [0.2, 0.25) is 0 Å². The number of carbonyl (C=O) groups is 1. The summed E-state index contributed by atoms with van der Waals surface area (Å²) in [6.07, 6.45) is 0. The predicted octanol–water partition coefficient (Wildman–Crippen LogP) is 3.88. The smallest absolute Gasteiger partial charge is 0.270 e. The maximum atomic E-state index is 13.7. The van der Waals surface area contributed by atoms with Gasteiger partial charge >= 0.3 is 0 Å². The van der Waals surface area contributed by atoms with Crippen LogP contribution in [0.2, 0.25) is 0 Å². The van der Waals surface area contributed by atoms with Gasteiger partial charge in [-0.3, -0.25) is 9.48 Å². The van der Waals surface area contributed by atoms with Gasteiger partial charge in [0.15, 0.2) is 0 Å². The molecule has 0 fully saturated rings. The van der Waals surface area contributed by atoms with Gasteiger partial charge in [-0.05, 0) is 47.3 Å². The predicted molar refractivity (Wildman–Crippen MR) is 96.0 cm³/mol. The Morgan fingerprint density at radius 3 is 2.44 bits per heavy atom. The Kier molecular flexibility index (Phi) is 4.97. The van der Waals surface area contributed by atoms with Crippen molar-refractivity contribution in [2.24, 2.45) is 5.73 Å². The Morgan fingerprint density at radius 2 is 1.84 bits per heavy atom. The van der Waals surface area contributed by atoms with Crippen molar-refractivity contribution in [1.82, 2.24) is 9.78 Å². The van der Waals surface area contributed by atoms with Crippen LogP contribution in [0.3, 0.4) is 0 Å². The molecule has 0 saturated carbocycles. The maximum absolute atomic E-state index is 13.7. The van der Waals surface area contributed by atoms with Gasteiger partial charge in [0.25, 0.3) is 5.24 Å². The fraction of sp³-hybridized carbons (Fsp3) is 0.158. The molecule has 1 aromatic heterocycles. The first kappa shape index (κ1) is 17.3. The molecule has 4 nitrogen and oxygen atoms in total. The van der Waals surface area contributed by atoms with Gasteiger partial charge < -0.3 is 5.73 Å². The van der Waals surface area contributed by atoms with Crippen molar-refractivity contribution in [3.05, 3.63) is 76.7 Å². The highest BCUT2D eigenvalue weighted by Crippen LogP contribution is 2.22. The molecule has 6 heteroatoms. The summed E-state index contributed by atoms with van der Waals surface area (Å²) in [5.41, 5.74) is 9.62. The second-order valence-corrected chi connectivity index (χ2v) is 6.17. The zero-order chi connectivity index (χ0) is 18.0. The first-order valence-corrected chi connectivity index (χ1v) is 8.18. The summed E-state index contributed by atoms with van der Waals surface area (Å²) in [6.45, 7) is 2.41. The molecular formula is C19H17ClFN3O. The van der Waals surface area contributed by atoms with Gasteiger partial charge in [0.1, 0.15) is 11.5 Å². The molecule has 0 saturated heterocycles. The number of halogens is 2. The van der Waals surface area contributed by atoms with Crippen molar-refractivity contribution in [3.63, 3.8) is 0 Å². The SMILES string of the molecule is Cc1ccc(Cn2nc(-c3ccc(CN)cc3)cc2C(=O)Cl)cc1F. The number of nitrogens with two attached hydrogens (primary N) is 1. The van der Waals surface area contributed by atoms with E-state index in [9.17, 15) is 9.18 Å². The van der Waals surface area contributed by atoms with E-state index in [2.05, 4.69) is 5.10 Å². The Hall–Kier alpha value is -2.50. The monoisotopic (exact) mass is 357 g/mol. The number of hydrogen-bond donors (Lipinski definition) is 1. The van der Waals surface area contributed by atoms with Crippen LogP contribution in [0.25, 0.3) is 11.3 Å². The van der Waals surface area contributed by atoms with E-state index < -0.39 is 5.24 Å². The van der Waals surface area contributed by atoms with Crippen LogP contribution in [0, 0.1) is 12.7 Å². The van der Waals surface area contributed by atoms with E-state index in [1.54, 1.807) is 25.1 Å². The largest absolute Gasteiger partial charge is 0.326 e. The third-order valence-corrected chi connectivity index (χ3v) is 4.23. The van der Waals surface area contributed by atoms with Crippen LogP contribution in [-0.4, -0.2) is 15.0 Å². The number of aryl methyl sites for hydroxylation is 1. The lowest BCUT2D eigenvalue weighted by molar-refractivity contribution is 0.107. The highest BCUT2D eigenvalue weighted by Gasteiger charge is 2.15. The highest BCUT2D eigenvalue weighted by molar-refractivity contribution is 6.67. The second-order valence-electron chi connectivity index (χ2n) is 5.83. The van der Waals surface area contributed by atoms with Crippen LogP contribution >= 0.6 is 11.6 Å². The third-order valence-electron chi connectivity index (χ3n) is 4.04. The van der Waals surface area contributed by atoms with Gasteiger partial charge in [-0.1, -0.05) is 36.4 Å². The van der Waals surface area contributed by atoms with Gasteiger partial charge in [0, 0.05) is 12.1 Å². The van der Waals surface area contributed by atoms with Crippen LogP contribution in [-0.2, 0) is 13.1 Å².